The maximum absolute atomic E-state index is 16.6. The average Bonchev–Trinajstić information content (AvgIpc) is 3.75. The van der Waals surface area contributed by atoms with E-state index in [2.05, 4.69) is 29.9 Å². The van der Waals surface area contributed by atoms with E-state index in [4.69, 9.17) is 39.0 Å². The Balaban J connectivity index is 1.17. The molecule has 4 aromatic rings. The fraction of sp³-hybridized carbons (Fsp3) is 0.583. The lowest BCUT2D eigenvalue weighted by atomic mass is 9.60. The summed E-state index contributed by atoms with van der Waals surface area (Å²) in [5.74, 6) is -0.806. The lowest BCUT2D eigenvalue weighted by Crippen LogP contribution is -2.49. The molecule has 7 N–H and O–H groups in total. The van der Waals surface area contributed by atoms with Gasteiger partial charge < -0.3 is 35.3 Å². The first kappa shape index (κ1) is 31.8. The van der Waals surface area contributed by atoms with Crippen molar-refractivity contribution in [1.82, 2.24) is 39.0 Å². The fourth-order valence-corrected chi connectivity index (χ4v) is 9.45. The van der Waals surface area contributed by atoms with Crippen LogP contribution in [-0.2, 0) is 36.7 Å². The number of phosphoric ester groups is 2. The monoisotopic (exact) mass is 714 g/mol. The zero-order valence-corrected chi connectivity index (χ0v) is 26.6. The number of nitrogens with zero attached hydrogens (tertiary/aromatic N) is 7. The molecule has 2 bridgehead atoms. The molecule has 2 saturated heterocycles. The second kappa shape index (κ2) is 11.0. The molecule has 258 valence electrons. The van der Waals surface area contributed by atoms with Gasteiger partial charge in [-0.15, -0.1) is 0 Å². The minimum atomic E-state index is -5.06. The van der Waals surface area contributed by atoms with Crippen molar-refractivity contribution in [1.29, 1.82) is 0 Å². The Morgan fingerprint density at radius 1 is 1.06 bits per heavy atom. The van der Waals surface area contributed by atoms with Crippen molar-refractivity contribution in [2.45, 2.75) is 55.7 Å². The predicted molar refractivity (Wildman–Crippen MR) is 157 cm³/mol. The van der Waals surface area contributed by atoms with E-state index in [-0.39, 0.29) is 40.5 Å². The second-order valence-corrected chi connectivity index (χ2v) is 14.9. The van der Waals surface area contributed by atoms with Crippen molar-refractivity contribution in [3.05, 3.63) is 29.3 Å². The van der Waals surface area contributed by atoms with Crippen LogP contribution in [-0.4, -0.2) is 99.7 Å². The van der Waals surface area contributed by atoms with Crippen LogP contribution in [0.15, 0.2) is 23.8 Å². The number of aromatic amines is 1. The number of fused-ring (bicyclic) bond motifs is 4. The van der Waals surface area contributed by atoms with E-state index in [9.17, 15) is 23.7 Å². The highest BCUT2D eigenvalue weighted by Crippen LogP contribution is 2.68. The second-order valence-electron chi connectivity index (χ2n) is 12.0. The van der Waals surface area contributed by atoms with Crippen molar-refractivity contribution in [2.24, 2.45) is 11.3 Å². The van der Waals surface area contributed by atoms with E-state index in [1.807, 2.05) is 0 Å². The number of H-pyrrole nitrogens is 1. The molecule has 1 spiro atoms. The molecule has 11 atom stereocenters. The highest BCUT2D eigenvalue weighted by atomic mass is 31.2. The van der Waals surface area contributed by atoms with Gasteiger partial charge in [0.2, 0.25) is 5.95 Å². The first-order valence-electron chi connectivity index (χ1n) is 14.6. The Bertz CT molecular complexity index is 2080. The number of imidazole rings is 2. The molecular formula is C24H29FN10O11P2. The number of rotatable bonds is 3. The molecule has 0 aromatic carbocycles. The summed E-state index contributed by atoms with van der Waals surface area (Å²) in [6.45, 7) is -1.29. The number of halogens is 1. The summed E-state index contributed by atoms with van der Waals surface area (Å²) in [5, 5.41) is 0. The summed E-state index contributed by atoms with van der Waals surface area (Å²) in [4.78, 5) is 57.2. The highest BCUT2D eigenvalue weighted by molar-refractivity contribution is 7.47. The number of nitrogen functional groups attached to an aromatic ring is 2. The molecule has 4 aliphatic rings. The number of hydrogen-bond acceptors (Lipinski definition) is 16. The van der Waals surface area contributed by atoms with Crippen LogP contribution < -0.4 is 17.0 Å². The molecule has 2 aliphatic heterocycles. The van der Waals surface area contributed by atoms with Crippen LogP contribution in [0.25, 0.3) is 22.3 Å². The topological polar surface area (TPSA) is 289 Å². The normalized spacial score (nSPS) is 40.1. The van der Waals surface area contributed by atoms with Crippen LogP contribution in [0.2, 0.25) is 0 Å². The molecule has 2 saturated carbocycles. The highest BCUT2D eigenvalue weighted by Gasteiger charge is 2.69. The van der Waals surface area contributed by atoms with Crippen LogP contribution >= 0.6 is 15.6 Å². The summed E-state index contributed by atoms with van der Waals surface area (Å²) in [6.07, 6.45) is -4.55. The largest absolute Gasteiger partial charge is 0.472 e. The Hall–Kier alpha value is -3.43. The zero-order chi connectivity index (χ0) is 33.7. The molecule has 0 amide bonds. The van der Waals surface area contributed by atoms with Crippen molar-refractivity contribution >= 4 is 49.7 Å². The number of methoxy groups -OCH3 is 1. The van der Waals surface area contributed by atoms with Gasteiger partial charge in [-0.25, -0.2) is 33.5 Å². The lowest BCUT2D eigenvalue weighted by Gasteiger charge is -2.48. The summed E-state index contributed by atoms with van der Waals surface area (Å²) in [5.41, 5.74) is 9.91. The number of ether oxygens (including phenoxy) is 2. The van der Waals surface area contributed by atoms with Crippen LogP contribution in [0.5, 0.6) is 0 Å². The van der Waals surface area contributed by atoms with Crippen molar-refractivity contribution in [3.8, 4) is 0 Å². The number of alkyl halides is 1. The molecule has 21 nitrogen and oxygen atoms in total. The van der Waals surface area contributed by atoms with E-state index in [1.165, 1.54) is 35.2 Å². The van der Waals surface area contributed by atoms with Gasteiger partial charge in [-0.1, -0.05) is 0 Å². The summed E-state index contributed by atoms with van der Waals surface area (Å²) in [7, 11) is -8.85. The summed E-state index contributed by atoms with van der Waals surface area (Å²) >= 11 is 0. The van der Waals surface area contributed by atoms with Crippen LogP contribution in [0.1, 0.15) is 25.1 Å². The van der Waals surface area contributed by atoms with E-state index in [1.54, 1.807) is 0 Å². The number of nitrogens with one attached hydrogen (secondary N) is 1. The summed E-state index contributed by atoms with van der Waals surface area (Å²) in [6, 6.07) is -1.04. The third kappa shape index (κ3) is 4.82. The van der Waals surface area contributed by atoms with Crippen molar-refractivity contribution in [2.75, 3.05) is 31.8 Å². The Morgan fingerprint density at radius 2 is 1.81 bits per heavy atom. The van der Waals surface area contributed by atoms with Gasteiger partial charge in [0.15, 0.2) is 28.9 Å². The molecule has 3 unspecified atom stereocenters. The van der Waals surface area contributed by atoms with Crippen molar-refractivity contribution < 1.29 is 50.9 Å². The van der Waals surface area contributed by atoms with E-state index in [0.29, 0.717) is 6.42 Å². The van der Waals surface area contributed by atoms with Gasteiger partial charge in [-0.3, -0.25) is 32.4 Å². The van der Waals surface area contributed by atoms with Crippen molar-refractivity contribution in [3.63, 3.8) is 0 Å². The van der Waals surface area contributed by atoms with Crippen LogP contribution in [0.3, 0.4) is 0 Å². The zero-order valence-electron chi connectivity index (χ0n) is 24.8. The molecule has 24 heteroatoms. The van der Waals surface area contributed by atoms with Gasteiger partial charge in [0.1, 0.15) is 42.4 Å². The Labute approximate surface area is 267 Å². The van der Waals surface area contributed by atoms with Gasteiger partial charge >= 0.3 is 15.6 Å². The SMILES string of the molecule is CO[C@H]1[C@H]2OP(=O)(O)OCC34CC[C@@H]3[C@@H](n3cnc5c(N)ncnc53)[C@H](F)[C@@H]4OP(=O)(O)OC[C@H]1O[C@H]2n1cnc2c(=O)[nH]c(N)nc21. The smallest absolute Gasteiger partial charge is 0.382 e. The third-order valence-electron chi connectivity index (χ3n) is 9.64. The van der Waals surface area contributed by atoms with Gasteiger partial charge in [0.25, 0.3) is 5.56 Å². The summed E-state index contributed by atoms with van der Waals surface area (Å²) < 4.78 is 80.1. The Kier molecular flexibility index (Phi) is 7.32. The van der Waals surface area contributed by atoms with Crippen LogP contribution in [0.4, 0.5) is 16.2 Å². The first-order valence-corrected chi connectivity index (χ1v) is 17.6. The number of hydrogen-bond donors (Lipinski definition) is 5. The average molecular weight is 715 g/mol. The minimum Gasteiger partial charge on any atom is -0.382 e. The molecular weight excluding hydrogens is 685 g/mol. The number of nitrogens with two attached hydrogens (primary N) is 2. The van der Waals surface area contributed by atoms with Gasteiger partial charge in [-0.05, 0) is 18.8 Å². The third-order valence-corrected chi connectivity index (χ3v) is 11.6. The Morgan fingerprint density at radius 3 is 2.56 bits per heavy atom. The molecule has 0 radical (unpaired) electrons. The van der Waals surface area contributed by atoms with Gasteiger partial charge in [0, 0.05) is 12.5 Å². The molecule has 4 aromatic heterocycles. The van der Waals surface area contributed by atoms with E-state index < -0.39 is 88.6 Å². The fourth-order valence-electron chi connectivity index (χ4n) is 7.44. The molecule has 8 rings (SSSR count). The standard InChI is InChI=1S/C24H29FN10O11P2/c1-41-15-10-4-42-47(37,38)46-17-11(25)14(34-7-30-12-18(26)28-6-29-19(12)34)9-2-3-24(9,17)5-43-48(39,40)45-16(15)22(44-10)35-8-31-13-20(35)32-23(27)33-21(13)36/h6-11,14-17,22H,2-5H2,1H3,(H,37,38)(H,39,40)(H2,26,28,29)(H3,27,32,33,36)/t9-,10-,11+,14-,15-,16-,17+,22-,24?/m1/s1. The molecule has 6 heterocycles. The molecule has 2 aliphatic carbocycles. The minimum absolute atomic E-state index is 0.0543. The number of phosphoric acid groups is 2. The molecule has 48 heavy (non-hydrogen) atoms. The van der Waals surface area contributed by atoms with Gasteiger partial charge in [-0.2, -0.15) is 4.98 Å². The lowest BCUT2D eigenvalue weighted by molar-refractivity contribution is -0.0993. The maximum Gasteiger partial charge on any atom is 0.472 e. The number of anilines is 2. The van der Waals surface area contributed by atoms with E-state index >= 15 is 4.39 Å². The maximum atomic E-state index is 16.6. The quantitative estimate of drug-likeness (QED) is 0.179. The van der Waals surface area contributed by atoms with E-state index in [0.717, 1.165) is 0 Å². The predicted octanol–water partition coefficient (Wildman–Crippen LogP) is 0.344. The number of aromatic nitrogens is 8. The van der Waals surface area contributed by atoms with Crippen LogP contribution in [0, 0.1) is 11.3 Å². The van der Waals surface area contributed by atoms with Gasteiger partial charge in [0.05, 0.1) is 31.9 Å². The first-order chi connectivity index (χ1) is 22.8. The molecule has 4 fully saturated rings.